The number of phenols is 1. The number of aromatic hydroxyl groups is 1. The lowest BCUT2D eigenvalue weighted by molar-refractivity contribution is 0.0980. The van der Waals surface area contributed by atoms with Crippen LogP contribution in [0.25, 0.3) is 11.1 Å². The van der Waals surface area contributed by atoms with Crippen LogP contribution in [0.2, 0.25) is 0 Å². The molecule has 0 aromatic heterocycles. The summed E-state index contributed by atoms with van der Waals surface area (Å²) < 4.78 is 0. The summed E-state index contributed by atoms with van der Waals surface area (Å²) in [6, 6.07) is 14.7. The van der Waals surface area contributed by atoms with E-state index in [-0.39, 0.29) is 11.5 Å². The Morgan fingerprint density at radius 2 is 1.84 bits per heavy atom. The Balaban J connectivity index is 2.33. The molecule has 0 fully saturated rings. The molecule has 98 valence electrons. The summed E-state index contributed by atoms with van der Waals surface area (Å²) in [5.74, 6) is 0.345. The molecule has 2 aromatic rings. The quantitative estimate of drug-likeness (QED) is 0.801. The zero-order valence-electron chi connectivity index (χ0n) is 11.1. The second kappa shape index (κ2) is 6.19. The topological polar surface area (TPSA) is 37.3 Å². The van der Waals surface area contributed by atoms with Gasteiger partial charge in [-0.15, -0.1) is 0 Å². The summed E-state index contributed by atoms with van der Waals surface area (Å²) in [5, 5.41) is 9.93. The largest absolute Gasteiger partial charge is 0.507 e. The molecule has 0 radical (unpaired) electrons. The van der Waals surface area contributed by atoms with Gasteiger partial charge in [0, 0.05) is 17.5 Å². The molecule has 0 heterocycles. The number of unbranched alkanes of at least 4 members (excludes halogenated alkanes) is 1. The Labute approximate surface area is 113 Å². The lowest BCUT2D eigenvalue weighted by atomic mass is 9.98. The van der Waals surface area contributed by atoms with Gasteiger partial charge < -0.3 is 5.11 Å². The van der Waals surface area contributed by atoms with Gasteiger partial charge in [-0.25, -0.2) is 0 Å². The van der Waals surface area contributed by atoms with Crippen molar-refractivity contribution in [2.24, 2.45) is 0 Å². The van der Waals surface area contributed by atoms with E-state index in [1.54, 1.807) is 18.2 Å². The summed E-state index contributed by atoms with van der Waals surface area (Å²) in [4.78, 5) is 12.0. The maximum Gasteiger partial charge on any atom is 0.162 e. The number of Topliss-reactive ketones (excluding diaryl/α,β-unsaturated/α-hetero) is 1. The molecule has 1 N–H and O–H groups in total. The fraction of sp³-hybridized carbons (Fsp3) is 0.235. The number of carbonyl (C=O) groups excluding carboxylic acids is 1. The molecule has 2 rings (SSSR count). The van der Waals surface area contributed by atoms with Gasteiger partial charge in [-0.05, 0) is 30.2 Å². The van der Waals surface area contributed by atoms with Gasteiger partial charge in [-0.2, -0.15) is 0 Å². The Bertz CT molecular complexity index is 559. The highest BCUT2D eigenvalue weighted by Gasteiger charge is 2.10. The number of benzene rings is 2. The van der Waals surface area contributed by atoms with Gasteiger partial charge >= 0.3 is 0 Å². The van der Waals surface area contributed by atoms with Gasteiger partial charge in [-0.3, -0.25) is 4.79 Å². The summed E-state index contributed by atoms with van der Waals surface area (Å²) in [5.41, 5.74) is 2.30. The van der Waals surface area contributed by atoms with E-state index in [1.807, 2.05) is 30.3 Å². The minimum Gasteiger partial charge on any atom is -0.507 e. The van der Waals surface area contributed by atoms with Crippen molar-refractivity contribution in [1.29, 1.82) is 0 Å². The van der Waals surface area contributed by atoms with Gasteiger partial charge in [0.05, 0.1) is 0 Å². The first-order valence-corrected chi connectivity index (χ1v) is 6.64. The van der Waals surface area contributed by atoms with E-state index >= 15 is 0 Å². The average Bonchev–Trinajstić information content (AvgIpc) is 2.46. The third kappa shape index (κ3) is 3.22. The maximum atomic E-state index is 12.0. The fourth-order valence-electron chi connectivity index (χ4n) is 2.04. The first-order chi connectivity index (χ1) is 9.22. The molecule has 0 aliphatic rings. The summed E-state index contributed by atoms with van der Waals surface area (Å²) >= 11 is 0. The Hall–Kier alpha value is -2.09. The van der Waals surface area contributed by atoms with Crippen LogP contribution in [0, 0.1) is 0 Å². The van der Waals surface area contributed by atoms with E-state index in [9.17, 15) is 9.90 Å². The molecule has 0 aliphatic carbocycles. The SMILES string of the molecule is CCCCC(=O)c1ccc(O)c(-c2ccccc2)c1. The van der Waals surface area contributed by atoms with E-state index in [0.29, 0.717) is 17.5 Å². The number of phenolic OH excluding ortho intramolecular Hbond substituents is 1. The Kier molecular flexibility index (Phi) is 4.35. The van der Waals surface area contributed by atoms with E-state index in [1.165, 1.54) is 0 Å². The molecule has 0 saturated carbocycles. The van der Waals surface area contributed by atoms with Crippen LogP contribution in [0.3, 0.4) is 0 Å². The molecule has 0 aliphatic heterocycles. The molecule has 0 spiro atoms. The zero-order valence-corrected chi connectivity index (χ0v) is 11.1. The maximum absolute atomic E-state index is 12.0. The molecule has 0 bridgehead atoms. The van der Waals surface area contributed by atoms with Crippen molar-refractivity contribution in [1.82, 2.24) is 0 Å². The van der Waals surface area contributed by atoms with Gasteiger partial charge in [0.2, 0.25) is 0 Å². The van der Waals surface area contributed by atoms with Gasteiger partial charge in [-0.1, -0.05) is 43.7 Å². The minimum atomic E-state index is 0.138. The van der Waals surface area contributed by atoms with Crippen molar-refractivity contribution in [3.05, 3.63) is 54.1 Å². The lowest BCUT2D eigenvalue weighted by Gasteiger charge is -2.07. The third-order valence-corrected chi connectivity index (χ3v) is 3.16. The molecular formula is C17H18O2. The van der Waals surface area contributed by atoms with Crippen LogP contribution in [-0.4, -0.2) is 10.9 Å². The van der Waals surface area contributed by atoms with Crippen molar-refractivity contribution in [2.45, 2.75) is 26.2 Å². The van der Waals surface area contributed by atoms with E-state index in [4.69, 9.17) is 0 Å². The van der Waals surface area contributed by atoms with Crippen molar-refractivity contribution < 1.29 is 9.90 Å². The van der Waals surface area contributed by atoms with Crippen LogP contribution in [0.15, 0.2) is 48.5 Å². The standard InChI is InChI=1S/C17H18O2/c1-2-3-9-16(18)14-10-11-17(19)15(12-14)13-7-5-4-6-8-13/h4-8,10-12,19H,2-3,9H2,1H3. The predicted molar refractivity (Wildman–Crippen MR) is 77.4 cm³/mol. The first-order valence-electron chi connectivity index (χ1n) is 6.64. The smallest absolute Gasteiger partial charge is 0.162 e. The molecule has 0 atom stereocenters. The molecule has 19 heavy (non-hydrogen) atoms. The van der Waals surface area contributed by atoms with E-state index < -0.39 is 0 Å². The van der Waals surface area contributed by atoms with Crippen LogP contribution in [0.5, 0.6) is 5.75 Å². The van der Waals surface area contributed by atoms with E-state index in [2.05, 4.69) is 6.92 Å². The Morgan fingerprint density at radius 1 is 1.11 bits per heavy atom. The van der Waals surface area contributed by atoms with Crippen molar-refractivity contribution in [3.8, 4) is 16.9 Å². The second-order valence-electron chi connectivity index (χ2n) is 4.62. The average molecular weight is 254 g/mol. The Morgan fingerprint density at radius 3 is 2.53 bits per heavy atom. The van der Waals surface area contributed by atoms with Gasteiger partial charge in [0.25, 0.3) is 0 Å². The van der Waals surface area contributed by atoms with Crippen LogP contribution < -0.4 is 0 Å². The summed E-state index contributed by atoms with van der Waals surface area (Å²) in [6.45, 7) is 2.07. The van der Waals surface area contributed by atoms with Crippen LogP contribution in [-0.2, 0) is 0 Å². The molecule has 0 unspecified atom stereocenters. The van der Waals surface area contributed by atoms with Gasteiger partial charge in [0.15, 0.2) is 5.78 Å². The molecular weight excluding hydrogens is 236 g/mol. The number of hydrogen-bond acceptors (Lipinski definition) is 2. The van der Waals surface area contributed by atoms with Crippen molar-refractivity contribution in [2.75, 3.05) is 0 Å². The molecule has 0 amide bonds. The highest BCUT2D eigenvalue weighted by molar-refractivity contribution is 5.97. The van der Waals surface area contributed by atoms with Crippen molar-refractivity contribution >= 4 is 5.78 Å². The fourth-order valence-corrected chi connectivity index (χ4v) is 2.04. The first kappa shape index (κ1) is 13.3. The zero-order chi connectivity index (χ0) is 13.7. The molecule has 0 saturated heterocycles. The third-order valence-electron chi connectivity index (χ3n) is 3.16. The number of rotatable bonds is 5. The number of ketones is 1. The van der Waals surface area contributed by atoms with E-state index in [0.717, 1.165) is 18.4 Å². The van der Waals surface area contributed by atoms with Crippen molar-refractivity contribution in [3.63, 3.8) is 0 Å². The molecule has 2 nitrogen and oxygen atoms in total. The minimum absolute atomic E-state index is 0.138. The molecule has 2 heteroatoms. The lowest BCUT2D eigenvalue weighted by Crippen LogP contribution is -1.98. The monoisotopic (exact) mass is 254 g/mol. The normalized spacial score (nSPS) is 10.4. The molecule has 2 aromatic carbocycles. The number of hydrogen-bond donors (Lipinski definition) is 1. The summed E-state index contributed by atoms with van der Waals surface area (Å²) in [7, 11) is 0. The highest BCUT2D eigenvalue weighted by Crippen LogP contribution is 2.30. The van der Waals surface area contributed by atoms with Gasteiger partial charge in [0.1, 0.15) is 5.75 Å². The highest BCUT2D eigenvalue weighted by atomic mass is 16.3. The second-order valence-corrected chi connectivity index (χ2v) is 4.62. The van der Waals surface area contributed by atoms with Crippen LogP contribution in [0.1, 0.15) is 36.5 Å². The van der Waals surface area contributed by atoms with Crippen LogP contribution in [0.4, 0.5) is 0 Å². The number of carbonyl (C=O) groups is 1. The van der Waals surface area contributed by atoms with Crippen LogP contribution >= 0.6 is 0 Å². The summed E-state index contributed by atoms with van der Waals surface area (Å²) in [6.07, 6.45) is 2.48. The predicted octanol–water partition coefficient (Wildman–Crippen LogP) is 4.43.